The monoisotopic (exact) mass is 441 g/mol. The molecule has 166 valence electrons. The van der Waals surface area contributed by atoms with Crippen LogP contribution in [0.15, 0.2) is 29.2 Å². The molecule has 1 fully saturated rings. The number of benzene rings is 1. The highest BCUT2D eigenvalue weighted by Crippen LogP contribution is 2.38. The van der Waals surface area contributed by atoms with Crippen molar-refractivity contribution in [3.05, 3.63) is 29.8 Å². The van der Waals surface area contributed by atoms with E-state index in [9.17, 15) is 8.42 Å². The van der Waals surface area contributed by atoms with Crippen molar-refractivity contribution in [3.63, 3.8) is 0 Å². The molecule has 3 atom stereocenters. The molecule has 29 heavy (non-hydrogen) atoms. The van der Waals surface area contributed by atoms with E-state index in [1.165, 1.54) is 0 Å². The Morgan fingerprint density at radius 3 is 2.24 bits per heavy atom. The molecule has 0 radical (unpaired) electrons. The van der Waals surface area contributed by atoms with Gasteiger partial charge in [0.25, 0.3) is 0 Å². The lowest BCUT2D eigenvalue weighted by atomic mass is 9.93. The van der Waals surface area contributed by atoms with E-state index in [1.807, 2.05) is 19.1 Å². The molecule has 1 saturated heterocycles. The highest BCUT2D eigenvalue weighted by molar-refractivity contribution is 7.89. The first kappa shape index (κ1) is 24.5. The van der Waals surface area contributed by atoms with Crippen LogP contribution in [0, 0.1) is 12.8 Å². The van der Waals surface area contributed by atoms with Crippen molar-refractivity contribution >= 4 is 18.3 Å². The molecule has 1 aromatic rings. The molecular formula is C22H39NO4SSi. The van der Waals surface area contributed by atoms with Crippen LogP contribution >= 0.6 is 0 Å². The normalized spacial score (nSPS) is 24.6. The van der Waals surface area contributed by atoms with Gasteiger partial charge in [0.1, 0.15) is 6.23 Å². The summed E-state index contributed by atoms with van der Waals surface area (Å²) in [5.41, 5.74) is 1.04. The van der Waals surface area contributed by atoms with Gasteiger partial charge in [-0.15, -0.1) is 0 Å². The molecule has 2 rings (SSSR count). The molecule has 0 saturated carbocycles. The molecular weight excluding hydrogens is 402 g/mol. The zero-order chi connectivity index (χ0) is 22.0. The molecule has 0 bridgehead atoms. The van der Waals surface area contributed by atoms with Gasteiger partial charge >= 0.3 is 0 Å². The Balaban J connectivity index is 2.26. The highest BCUT2D eigenvalue weighted by Gasteiger charge is 2.44. The molecule has 1 aliphatic heterocycles. The van der Waals surface area contributed by atoms with Crippen molar-refractivity contribution in [1.29, 1.82) is 0 Å². The number of aryl methyl sites for hydroxylation is 1. The predicted molar refractivity (Wildman–Crippen MR) is 121 cm³/mol. The maximum atomic E-state index is 13.6. The van der Waals surface area contributed by atoms with Gasteiger partial charge in [-0.2, -0.15) is 4.31 Å². The van der Waals surface area contributed by atoms with E-state index >= 15 is 0 Å². The fourth-order valence-corrected chi connectivity index (χ4v) is 6.58. The van der Waals surface area contributed by atoms with Crippen LogP contribution in [0.4, 0.5) is 0 Å². The number of hydrogen-bond donors (Lipinski definition) is 0. The third-order valence-corrected chi connectivity index (χ3v) is 13.1. The molecule has 0 unspecified atom stereocenters. The molecule has 1 heterocycles. The summed E-state index contributed by atoms with van der Waals surface area (Å²) in [5, 5.41) is 0.136. The van der Waals surface area contributed by atoms with Crippen LogP contribution < -0.4 is 0 Å². The third kappa shape index (κ3) is 5.50. The second kappa shape index (κ2) is 9.18. The van der Waals surface area contributed by atoms with Crippen molar-refractivity contribution < 1.29 is 17.6 Å². The third-order valence-electron chi connectivity index (χ3n) is 6.61. The summed E-state index contributed by atoms with van der Waals surface area (Å²) in [4.78, 5) is 0.328. The lowest BCUT2D eigenvalue weighted by molar-refractivity contribution is -0.0689. The number of nitrogens with zero attached hydrogens (tertiary/aromatic N) is 1. The molecule has 5 nitrogen and oxygen atoms in total. The van der Waals surface area contributed by atoms with Crippen LogP contribution in [0.2, 0.25) is 18.1 Å². The van der Waals surface area contributed by atoms with Crippen molar-refractivity contribution in [3.8, 4) is 0 Å². The van der Waals surface area contributed by atoms with Crippen LogP contribution in [0.3, 0.4) is 0 Å². The van der Waals surface area contributed by atoms with Crippen LogP contribution in [0.1, 0.15) is 52.5 Å². The molecule has 0 N–H and O–H groups in total. The van der Waals surface area contributed by atoms with Gasteiger partial charge in [-0.05, 0) is 62.4 Å². The minimum absolute atomic E-state index is 0.118. The summed E-state index contributed by atoms with van der Waals surface area (Å²) in [5.74, 6) is 0.151. The standard InChI is InChI=1S/C22H39NO4SSi/c1-17-9-13-20(14-10-17)28(24,25)23-19(12-11-18(2)21(23)26-6)15-16-27-29(7,8)22(3,4)5/h9-10,13-14,18-19,21H,11-12,15-16H2,1-8H3/t18-,19+,21+/m1/s1. The van der Waals surface area contributed by atoms with E-state index in [0.717, 1.165) is 18.4 Å². The largest absolute Gasteiger partial charge is 0.417 e. The number of ether oxygens (including phenoxy) is 1. The first-order valence-corrected chi connectivity index (χ1v) is 14.9. The fourth-order valence-electron chi connectivity index (χ4n) is 3.62. The molecule has 0 spiro atoms. The topological polar surface area (TPSA) is 55.8 Å². The Morgan fingerprint density at radius 1 is 1.14 bits per heavy atom. The van der Waals surface area contributed by atoms with Crippen LogP contribution in [-0.4, -0.2) is 47.0 Å². The van der Waals surface area contributed by atoms with E-state index in [4.69, 9.17) is 9.16 Å². The number of sulfonamides is 1. The zero-order valence-corrected chi connectivity index (χ0v) is 21.2. The first-order chi connectivity index (χ1) is 13.3. The average molecular weight is 442 g/mol. The highest BCUT2D eigenvalue weighted by atomic mass is 32.2. The summed E-state index contributed by atoms with van der Waals surface area (Å²) in [7, 11) is -3.91. The minimum atomic E-state index is -3.65. The van der Waals surface area contributed by atoms with Crippen LogP contribution in [0.5, 0.6) is 0 Å². The fraction of sp³-hybridized carbons (Fsp3) is 0.727. The van der Waals surface area contributed by atoms with Gasteiger partial charge in [-0.3, -0.25) is 0 Å². The van der Waals surface area contributed by atoms with Gasteiger partial charge in [0, 0.05) is 19.8 Å². The van der Waals surface area contributed by atoms with Crippen LogP contribution in [-0.2, 0) is 19.2 Å². The quantitative estimate of drug-likeness (QED) is 0.548. The Bertz CT molecular complexity index is 771. The molecule has 0 aromatic heterocycles. The van der Waals surface area contributed by atoms with Gasteiger partial charge in [0.15, 0.2) is 8.32 Å². The van der Waals surface area contributed by atoms with Gasteiger partial charge in [0.05, 0.1) is 4.90 Å². The number of methoxy groups -OCH3 is 1. The maximum absolute atomic E-state index is 13.6. The summed E-state index contributed by atoms with van der Waals surface area (Å²) in [6.45, 7) is 15.7. The molecule has 1 aliphatic rings. The Labute approximate surface area is 179 Å². The van der Waals surface area contributed by atoms with Crippen LogP contribution in [0.25, 0.3) is 0 Å². The van der Waals surface area contributed by atoms with E-state index in [-0.39, 0.29) is 17.0 Å². The Kier molecular flexibility index (Phi) is 7.77. The van der Waals surface area contributed by atoms with Crippen molar-refractivity contribution in [1.82, 2.24) is 4.31 Å². The van der Waals surface area contributed by atoms with Gasteiger partial charge in [-0.1, -0.05) is 45.4 Å². The summed E-state index contributed by atoms with van der Waals surface area (Å²) in [6, 6.07) is 6.96. The maximum Gasteiger partial charge on any atom is 0.245 e. The van der Waals surface area contributed by atoms with E-state index < -0.39 is 24.6 Å². The first-order valence-electron chi connectivity index (χ1n) is 10.6. The Morgan fingerprint density at radius 2 is 1.72 bits per heavy atom. The summed E-state index contributed by atoms with van der Waals surface area (Å²) < 4.78 is 40.8. The molecule has 1 aromatic carbocycles. The Hall–Kier alpha value is -0.733. The van der Waals surface area contributed by atoms with Crippen molar-refractivity contribution in [2.45, 2.75) is 89.2 Å². The van der Waals surface area contributed by atoms with Gasteiger partial charge < -0.3 is 9.16 Å². The van der Waals surface area contributed by atoms with E-state index in [2.05, 4.69) is 40.8 Å². The van der Waals surface area contributed by atoms with Crippen molar-refractivity contribution in [2.24, 2.45) is 5.92 Å². The van der Waals surface area contributed by atoms with E-state index in [1.54, 1.807) is 23.5 Å². The smallest absolute Gasteiger partial charge is 0.245 e. The average Bonchev–Trinajstić information content (AvgIpc) is 2.61. The second-order valence-corrected chi connectivity index (χ2v) is 16.5. The minimum Gasteiger partial charge on any atom is -0.417 e. The molecule has 0 amide bonds. The molecule has 0 aliphatic carbocycles. The van der Waals surface area contributed by atoms with Crippen molar-refractivity contribution in [2.75, 3.05) is 13.7 Å². The summed E-state index contributed by atoms with van der Waals surface area (Å²) in [6.07, 6.45) is 2.01. The lowest BCUT2D eigenvalue weighted by Crippen LogP contribution is -2.54. The summed E-state index contributed by atoms with van der Waals surface area (Å²) >= 11 is 0. The lowest BCUT2D eigenvalue weighted by Gasteiger charge is -2.44. The molecule has 7 heteroatoms. The zero-order valence-electron chi connectivity index (χ0n) is 19.4. The second-order valence-electron chi connectivity index (χ2n) is 9.88. The SMILES string of the molecule is CO[C@H]1[C@H](C)CC[C@@H](CCO[Si](C)(C)C(C)(C)C)N1S(=O)(=O)c1ccc(C)cc1. The number of piperidine rings is 1. The number of rotatable bonds is 7. The number of hydrogen-bond acceptors (Lipinski definition) is 4. The van der Waals surface area contributed by atoms with E-state index in [0.29, 0.717) is 17.9 Å². The van der Waals surface area contributed by atoms with Gasteiger partial charge in [-0.25, -0.2) is 8.42 Å². The predicted octanol–water partition coefficient (Wildman–Crippen LogP) is 5.17. The van der Waals surface area contributed by atoms with Gasteiger partial charge in [0.2, 0.25) is 10.0 Å².